The van der Waals surface area contributed by atoms with Gasteiger partial charge in [0, 0.05) is 0 Å². The molecule has 0 aromatic rings. The van der Waals surface area contributed by atoms with E-state index in [1.54, 1.807) is 0 Å². The lowest BCUT2D eigenvalue weighted by Gasteiger charge is -2.33. The second-order valence-corrected chi connectivity index (χ2v) is 8.33. The summed E-state index contributed by atoms with van der Waals surface area (Å²) in [5, 5.41) is 0. The summed E-state index contributed by atoms with van der Waals surface area (Å²) in [7, 11) is 2.22. The van der Waals surface area contributed by atoms with E-state index in [2.05, 4.69) is 27.8 Å². The Labute approximate surface area is 164 Å². The van der Waals surface area contributed by atoms with Gasteiger partial charge >= 0.3 is 5.97 Å². The van der Waals surface area contributed by atoms with E-state index < -0.39 is 0 Å². The lowest BCUT2D eigenvalue weighted by molar-refractivity contribution is -0.903. The summed E-state index contributed by atoms with van der Waals surface area (Å²) >= 11 is 0. The first-order valence-electron chi connectivity index (χ1n) is 11.6. The zero-order chi connectivity index (χ0) is 19.5. The Morgan fingerprint density at radius 3 is 1.54 bits per heavy atom. The largest absolute Gasteiger partial charge is 0.462 e. The average molecular weight is 371 g/mol. The zero-order valence-electron chi connectivity index (χ0n) is 18.5. The molecule has 0 aromatic carbocycles. The Kier molecular flexibility index (Phi) is 17.4. The summed E-state index contributed by atoms with van der Waals surface area (Å²) in [5.74, 6) is -0.00405. The third-order valence-corrected chi connectivity index (χ3v) is 5.37. The minimum atomic E-state index is -0.00405. The fraction of sp³-hybridized carbons (Fsp3) is 0.957. The number of quaternary nitrogens is 1. The number of esters is 1. The van der Waals surface area contributed by atoms with Crippen molar-refractivity contribution >= 4 is 5.97 Å². The molecule has 0 aromatic heterocycles. The third kappa shape index (κ3) is 15.7. The van der Waals surface area contributed by atoms with Gasteiger partial charge in [-0.1, -0.05) is 91.4 Å². The highest BCUT2D eigenvalue weighted by atomic mass is 16.5. The van der Waals surface area contributed by atoms with Crippen LogP contribution >= 0.6 is 0 Å². The minimum Gasteiger partial charge on any atom is -0.462 e. The number of carbonyl (C=O) groups is 1. The van der Waals surface area contributed by atoms with Crippen LogP contribution < -0.4 is 0 Å². The number of ether oxygens (including phenoxy) is 1. The highest BCUT2D eigenvalue weighted by Crippen LogP contribution is 2.12. The number of nitrogens with zero attached hydrogens (tertiary/aromatic N) is 1. The molecular weight excluding hydrogens is 322 g/mol. The smallest absolute Gasteiger partial charge is 0.361 e. The fourth-order valence-electron chi connectivity index (χ4n) is 3.48. The van der Waals surface area contributed by atoms with Gasteiger partial charge in [-0.25, -0.2) is 4.79 Å². The number of carbonyl (C=O) groups excluding carboxylic acids is 1. The van der Waals surface area contributed by atoms with Crippen LogP contribution in [0, 0.1) is 0 Å². The van der Waals surface area contributed by atoms with Crippen LogP contribution in [0.15, 0.2) is 0 Å². The summed E-state index contributed by atoms with van der Waals surface area (Å²) in [6.45, 7) is 10.0. The van der Waals surface area contributed by atoms with Gasteiger partial charge in [0.25, 0.3) is 0 Å². The first-order valence-corrected chi connectivity index (χ1v) is 11.6. The van der Waals surface area contributed by atoms with Gasteiger partial charge in [0.2, 0.25) is 0 Å². The molecule has 0 rings (SSSR count). The van der Waals surface area contributed by atoms with Gasteiger partial charge in [-0.05, 0) is 19.3 Å². The highest BCUT2D eigenvalue weighted by Gasteiger charge is 2.25. The molecule has 3 heteroatoms. The first kappa shape index (κ1) is 25.4. The SMILES string of the molecule is CCCCCCCCCCCCOC(=O)C[N+](C)(CCCC)CCCC. The van der Waals surface area contributed by atoms with Gasteiger partial charge in [-0.3, -0.25) is 0 Å². The van der Waals surface area contributed by atoms with E-state index in [1.165, 1.54) is 83.5 Å². The van der Waals surface area contributed by atoms with Crippen molar-refractivity contribution < 1.29 is 14.0 Å². The molecule has 0 aliphatic heterocycles. The summed E-state index contributed by atoms with van der Waals surface area (Å²) in [6, 6.07) is 0. The Bertz CT molecular complexity index is 309. The van der Waals surface area contributed by atoms with Crippen LogP contribution in [0.25, 0.3) is 0 Å². The molecule has 0 amide bonds. The summed E-state index contributed by atoms with van der Waals surface area (Å²) in [5.41, 5.74) is 0. The van der Waals surface area contributed by atoms with E-state index in [0.717, 1.165) is 24.0 Å². The van der Waals surface area contributed by atoms with Crippen LogP contribution in [0.4, 0.5) is 0 Å². The quantitative estimate of drug-likeness (QED) is 0.147. The van der Waals surface area contributed by atoms with Gasteiger partial charge in [0.05, 0.1) is 26.7 Å². The third-order valence-electron chi connectivity index (χ3n) is 5.37. The molecule has 0 radical (unpaired) electrons. The van der Waals surface area contributed by atoms with E-state index in [1.807, 2.05) is 0 Å². The van der Waals surface area contributed by atoms with Crippen LogP contribution in [0.2, 0.25) is 0 Å². The second-order valence-electron chi connectivity index (χ2n) is 8.33. The average Bonchev–Trinajstić information content (AvgIpc) is 2.63. The first-order chi connectivity index (χ1) is 12.6. The zero-order valence-corrected chi connectivity index (χ0v) is 18.5. The van der Waals surface area contributed by atoms with Gasteiger partial charge < -0.3 is 9.22 Å². The molecular formula is C23H48NO2+. The van der Waals surface area contributed by atoms with Crippen molar-refractivity contribution in [2.75, 3.05) is 33.3 Å². The van der Waals surface area contributed by atoms with Crippen molar-refractivity contribution in [3.63, 3.8) is 0 Å². The number of hydrogen-bond donors (Lipinski definition) is 0. The number of rotatable bonds is 19. The summed E-state index contributed by atoms with van der Waals surface area (Å²) in [4.78, 5) is 12.2. The van der Waals surface area contributed by atoms with Crippen LogP contribution in [0.3, 0.4) is 0 Å². The van der Waals surface area contributed by atoms with Crippen molar-refractivity contribution in [1.29, 1.82) is 0 Å². The second kappa shape index (κ2) is 17.8. The molecule has 0 bridgehead atoms. The summed E-state index contributed by atoms with van der Waals surface area (Å²) < 4.78 is 6.36. The standard InChI is InChI=1S/C23H48NO2/c1-5-8-11-12-13-14-15-16-17-18-21-26-23(25)22-24(4,19-9-6-2)20-10-7-3/h5-22H2,1-4H3/q+1. The molecule has 0 saturated carbocycles. The number of likely N-dealkylation sites (N-methyl/N-ethyl adjacent to an activating group) is 1. The van der Waals surface area contributed by atoms with E-state index in [4.69, 9.17) is 4.74 Å². The van der Waals surface area contributed by atoms with Crippen molar-refractivity contribution in [3.8, 4) is 0 Å². The normalized spacial score (nSPS) is 11.7. The number of hydrogen-bond acceptors (Lipinski definition) is 2. The van der Waals surface area contributed by atoms with Crippen molar-refractivity contribution in [2.24, 2.45) is 0 Å². The van der Waals surface area contributed by atoms with Crippen molar-refractivity contribution in [3.05, 3.63) is 0 Å². The van der Waals surface area contributed by atoms with E-state index in [0.29, 0.717) is 13.2 Å². The van der Waals surface area contributed by atoms with Gasteiger partial charge in [-0.15, -0.1) is 0 Å². The molecule has 0 atom stereocenters. The predicted octanol–water partition coefficient (Wildman–Crippen LogP) is 6.50. The predicted molar refractivity (Wildman–Crippen MR) is 113 cm³/mol. The molecule has 0 fully saturated rings. The minimum absolute atomic E-state index is 0.00405. The van der Waals surface area contributed by atoms with Crippen LogP contribution in [-0.2, 0) is 9.53 Å². The molecule has 0 spiro atoms. The van der Waals surface area contributed by atoms with E-state index in [-0.39, 0.29) is 5.97 Å². The molecule has 0 aliphatic rings. The molecule has 156 valence electrons. The van der Waals surface area contributed by atoms with Gasteiger partial charge in [0.15, 0.2) is 6.54 Å². The van der Waals surface area contributed by atoms with Crippen molar-refractivity contribution in [2.45, 2.75) is 111 Å². The molecule has 0 saturated heterocycles. The topological polar surface area (TPSA) is 26.3 Å². The molecule has 0 unspecified atom stereocenters. The van der Waals surface area contributed by atoms with Gasteiger partial charge in [-0.2, -0.15) is 0 Å². The maximum atomic E-state index is 12.2. The lowest BCUT2D eigenvalue weighted by atomic mass is 10.1. The highest BCUT2D eigenvalue weighted by molar-refractivity contribution is 5.70. The van der Waals surface area contributed by atoms with E-state index in [9.17, 15) is 4.79 Å². The molecule has 0 heterocycles. The Morgan fingerprint density at radius 1 is 0.654 bits per heavy atom. The van der Waals surface area contributed by atoms with Crippen LogP contribution in [0.5, 0.6) is 0 Å². The molecule has 0 N–H and O–H groups in total. The van der Waals surface area contributed by atoms with Crippen molar-refractivity contribution in [1.82, 2.24) is 0 Å². The van der Waals surface area contributed by atoms with Crippen LogP contribution in [-0.4, -0.2) is 43.7 Å². The Hall–Kier alpha value is -0.570. The Morgan fingerprint density at radius 2 is 1.08 bits per heavy atom. The van der Waals surface area contributed by atoms with Gasteiger partial charge in [0.1, 0.15) is 0 Å². The molecule has 0 aliphatic carbocycles. The monoisotopic (exact) mass is 370 g/mol. The molecule has 26 heavy (non-hydrogen) atoms. The van der Waals surface area contributed by atoms with E-state index >= 15 is 0 Å². The number of unbranched alkanes of at least 4 members (excludes halogenated alkanes) is 11. The lowest BCUT2D eigenvalue weighted by Crippen LogP contribution is -2.49. The maximum absolute atomic E-state index is 12.2. The summed E-state index contributed by atoms with van der Waals surface area (Å²) in [6.07, 6.45) is 17.9. The fourth-order valence-corrected chi connectivity index (χ4v) is 3.48. The maximum Gasteiger partial charge on any atom is 0.361 e. The van der Waals surface area contributed by atoms with Crippen LogP contribution in [0.1, 0.15) is 111 Å². The molecule has 3 nitrogen and oxygen atoms in total. The Balaban J connectivity index is 3.70.